The van der Waals surface area contributed by atoms with Crippen molar-refractivity contribution in [1.29, 1.82) is 0 Å². The van der Waals surface area contributed by atoms with Gasteiger partial charge in [-0.2, -0.15) is 0 Å². The van der Waals surface area contributed by atoms with Crippen LogP contribution in [0, 0.1) is 0 Å². The highest BCUT2D eigenvalue weighted by Crippen LogP contribution is 2.32. The predicted octanol–water partition coefficient (Wildman–Crippen LogP) is 3.57. The van der Waals surface area contributed by atoms with Gasteiger partial charge in [0.2, 0.25) is 0 Å². The molecular formula is C13H17NS. The number of hydrogen-bond donors (Lipinski definition) is 1. The largest absolute Gasteiger partial charge is 0.312 e. The zero-order valence-corrected chi connectivity index (χ0v) is 10.2. The summed E-state index contributed by atoms with van der Waals surface area (Å²) in [7, 11) is 0. The highest BCUT2D eigenvalue weighted by atomic mass is 32.1. The lowest BCUT2D eigenvalue weighted by Crippen LogP contribution is -2.21. The van der Waals surface area contributed by atoms with Gasteiger partial charge in [-0.15, -0.1) is 11.3 Å². The van der Waals surface area contributed by atoms with Gasteiger partial charge in [0, 0.05) is 22.7 Å². The van der Waals surface area contributed by atoms with Crippen LogP contribution in [0.3, 0.4) is 0 Å². The van der Waals surface area contributed by atoms with Gasteiger partial charge in [-0.3, -0.25) is 0 Å². The molecule has 0 amide bonds. The van der Waals surface area contributed by atoms with Crippen LogP contribution in [-0.2, 0) is 13.0 Å². The van der Waals surface area contributed by atoms with Crippen molar-refractivity contribution in [2.45, 2.75) is 26.8 Å². The van der Waals surface area contributed by atoms with Gasteiger partial charge < -0.3 is 5.32 Å². The molecule has 0 saturated heterocycles. The summed E-state index contributed by atoms with van der Waals surface area (Å²) in [6, 6.07) is 8.71. The fraction of sp³-hybridized carbons (Fsp3) is 0.385. The highest BCUT2D eigenvalue weighted by molar-refractivity contribution is 7.19. The molecule has 3 rings (SSSR count). The van der Waals surface area contributed by atoms with Crippen LogP contribution in [0.4, 0.5) is 0 Å². The Morgan fingerprint density at radius 3 is 2.87 bits per heavy atom. The summed E-state index contributed by atoms with van der Waals surface area (Å²) in [6.45, 7) is 6.19. The first-order valence-electron chi connectivity index (χ1n) is 5.65. The normalized spacial score (nSPS) is 14.3. The van der Waals surface area contributed by atoms with Gasteiger partial charge in [0.15, 0.2) is 0 Å². The van der Waals surface area contributed by atoms with Gasteiger partial charge >= 0.3 is 0 Å². The molecule has 0 unspecified atom stereocenters. The third-order valence-corrected chi connectivity index (χ3v) is 3.89. The molecule has 0 saturated carbocycles. The first-order valence-corrected chi connectivity index (χ1v) is 6.47. The average Bonchev–Trinajstić information content (AvgIpc) is 2.70. The summed E-state index contributed by atoms with van der Waals surface area (Å²) in [5, 5.41) is 4.88. The van der Waals surface area contributed by atoms with Crippen molar-refractivity contribution in [1.82, 2.24) is 5.32 Å². The Morgan fingerprint density at radius 1 is 1.20 bits per heavy atom. The van der Waals surface area contributed by atoms with E-state index in [2.05, 4.69) is 29.6 Å². The van der Waals surface area contributed by atoms with Crippen molar-refractivity contribution in [3.63, 3.8) is 0 Å². The molecule has 0 fully saturated rings. The summed E-state index contributed by atoms with van der Waals surface area (Å²) >= 11 is 1.96. The van der Waals surface area contributed by atoms with E-state index in [1.807, 2.05) is 25.2 Å². The molecule has 0 radical (unpaired) electrons. The second-order valence-corrected chi connectivity index (χ2v) is 4.56. The van der Waals surface area contributed by atoms with Crippen LogP contribution in [0.2, 0.25) is 0 Å². The molecule has 15 heavy (non-hydrogen) atoms. The summed E-state index contributed by atoms with van der Waals surface area (Å²) in [4.78, 5) is 1.58. The Morgan fingerprint density at radius 2 is 2.00 bits per heavy atom. The smallest absolute Gasteiger partial charge is 0.0349 e. The molecule has 0 bridgehead atoms. The maximum absolute atomic E-state index is 3.43. The Hall–Kier alpha value is -0.860. The molecule has 1 N–H and O–H groups in total. The number of thiophene rings is 1. The zero-order valence-electron chi connectivity index (χ0n) is 9.34. The lowest BCUT2D eigenvalue weighted by atomic mass is 10.1. The van der Waals surface area contributed by atoms with Crippen LogP contribution in [0.5, 0.6) is 0 Å². The maximum atomic E-state index is 3.43. The van der Waals surface area contributed by atoms with E-state index < -0.39 is 0 Å². The zero-order chi connectivity index (χ0) is 10.7. The fourth-order valence-corrected chi connectivity index (χ4v) is 3.18. The van der Waals surface area contributed by atoms with E-state index in [1.54, 1.807) is 4.88 Å². The molecule has 0 atom stereocenters. The van der Waals surface area contributed by atoms with E-state index >= 15 is 0 Å². The second kappa shape index (κ2) is 4.77. The van der Waals surface area contributed by atoms with Crippen LogP contribution >= 0.6 is 11.3 Å². The topological polar surface area (TPSA) is 12.0 Å². The summed E-state index contributed by atoms with van der Waals surface area (Å²) in [5.74, 6) is 0. The van der Waals surface area contributed by atoms with Crippen molar-refractivity contribution in [3.8, 4) is 0 Å². The number of rotatable bonds is 0. The van der Waals surface area contributed by atoms with Crippen LogP contribution in [0.25, 0.3) is 10.1 Å². The molecule has 80 valence electrons. The van der Waals surface area contributed by atoms with E-state index in [4.69, 9.17) is 0 Å². The number of nitrogens with one attached hydrogen (secondary N) is 1. The molecule has 2 aromatic rings. The van der Waals surface area contributed by atoms with Gasteiger partial charge in [0.25, 0.3) is 0 Å². The van der Waals surface area contributed by atoms with Crippen molar-refractivity contribution < 1.29 is 0 Å². The Bertz CT molecular complexity index is 445. The Labute approximate surface area is 95.1 Å². The monoisotopic (exact) mass is 219 g/mol. The molecule has 2 heterocycles. The first-order chi connectivity index (χ1) is 7.45. The van der Waals surface area contributed by atoms with Gasteiger partial charge in [-0.25, -0.2) is 0 Å². The minimum Gasteiger partial charge on any atom is -0.312 e. The van der Waals surface area contributed by atoms with Gasteiger partial charge in [-0.1, -0.05) is 32.0 Å². The third-order valence-electron chi connectivity index (χ3n) is 2.61. The standard InChI is InChI=1S/C11H11NS.C2H6/c1-2-4-10-8(3-1)9-7-12-6-5-11(9)13-10;1-2/h1-4,12H,5-7H2;1-2H3. The Balaban J connectivity index is 0.000000404. The molecular weight excluding hydrogens is 202 g/mol. The van der Waals surface area contributed by atoms with Gasteiger partial charge in [-0.05, 0) is 23.4 Å². The molecule has 2 heteroatoms. The number of fused-ring (bicyclic) bond motifs is 3. The first kappa shape index (κ1) is 10.7. The van der Waals surface area contributed by atoms with E-state index in [0.29, 0.717) is 0 Å². The van der Waals surface area contributed by atoms with Crippen molar-refractivity contribution in [3.05, 3.63) is 34.7 Å². The quantitative estimate of drug-likeness (QED) is 0.714. The minimum absolute atomic E-state index is 1.05. The van der Waals surface area contributed by atoms with Crippen LogP contribution in [-0.4, -0.2) is 6.54 Å². The van der Waals surface area contributed by atoms with Gasteiger partial charge in [0.05, 0.1) is 0 Å². The fourth-order valence-electron chi connectivity index (χ4n) is 1.96. The SMILES string of the molecule is CC.c1ccc2c3c(sc2c1)CCNC3. The lowest BCUT2D eigenvalue weighted by Gasteiger charge is -2.12. The van der Waals surface area contributed by atoms with Crippen molar-refractivity contribution >= 4 is 21.4 Å². The van der Waals surface area contributed by atoms with Crippen molar-refractivity contribution in [2.24, 2.45) is 0 Å². The van der Waals surface area contributed by atoms with E-state index in [9.17, 15) is 0 Å². The Kier molecular flexibility index (Phi) is 3.39. The maximum Gasteiger partial charge on any atom is 0.0349 e. The molecule has 1 aromatic heterocycles. The molecule has 0 spiro atoms. The summed E-state index contributed by atoms with van der Waals surface area (Å²) in [5.41, 5.74) is 1.53. The predicted molar refractivity (Wildman–Crippen MR) is 68.6 cm³/mol. The molecule has 1 aromatic carbocycles. The highest BCUT2D eigenvalue weighted by Gasteiger charge is 2.14. The number of hydrogen-bond acceptors (Lipinski definition) is 2. The summed E-state index contributed by atoms with van der Waals surface area (Å²) < 4.78 is 1.44. The minimum atomic E-state index is 1.05. The lowest BCUT2D eigenvalue weighted by molar-refractivity contribution is 0.656. The average molecular weight is 219 g/mol. The van der Waals surface area contributed by atoms with Crippen LogP contribution < -0.4 is 5.32 Å². The second-order valence-electron chi connectivity index (χ2n) is 3.43. The van der Waals surface area contributed by atoms with E-state index in [0.717, 1.165) is 13.1 Å². The molecule has 0 aliphatic carbocycles. The van der Waals surface area contributed by atoms with Crippen molar-refractivity contribution in [2.75, 3.05) is 6.54 Å². The molecule has 1 aliphatic heterocycles. The van der Waals surface area contributed by atoms with Crippen LogP contribution in [0.1, 0.15) is 24.3 Å². The third kappa shape index (κ3) is 1.92. The van der Waals surface area contributed by atoms with Crippen LogP contribution in [0.15, 0.2) is 24.3 Å². The summed E-state index contributed by atoms with van der Waals surface area (Å²) in [6.07, 6.45) is 1.20. The van der Waals surface area contributed by atoms with E-state index in [1.165, 1.54) is 22.1 Å². The van der Waals surface area contributed by atoms with E-state index in [-0.39, 0.29) is 0 Å². The van der Waals surface area contributed by atoms with Gasteiger partial charge in [0.1, 0.15) is 0 Å². The molecule has 1 aliphatic rings. The molecule has 1 nitrogen and oxygen atoms in total. The number of benzene rings is 1.